The molecule has 0 bridgehead atoms. The molecule has 0 aliphatic carbocycles. The van der Waals surface area contributed by atoms with Gasteiger partial charge in [-0.05, 0) is 36.2 Å². The monoisotopic (exact) mass is 249 g/mol. The number of hydrogen-bond donors (Lipinski definition) is 1. The molecule has 0 spiro atoms. The molecular weight excluding hydrogens is 236 g/mol. The van der Waals surface area contributed by atoms with Gasteiger partial charge in [-0.25, -0.2) is 8.78 Å². The van der Waals surface area contributed by atoms with Gasteiger partial charge in [-0.2, -0.15) is 0 Å². The fraction of sp³-hybridized carbons (Fsp3) is 0.143. The molecule has 0 heterocycles. The van der Waals surface area contributed by atoms with E-state index >= 15 is 0 Å². The summed E-state index contributed by atoms with van der Waals surface area (Å²) in [7, 11) is 0. The average molecular weight is 249 g/mol. The Hall–Kier alpha value is -2.10. The number of ether oxygens (including phenoxy) is 1. The van der Waals surface area contributed by atoms with Crippen LogP contribution in [-0.4, -0.2) is 0 Å². The Morgan fingerprint density at radius 3 is 2.39 bits per heavy atom. The third-order valence-corrected chi connectivity index (χ3v) is 2.55. The van der Waals surface area contributed by atoms with Crippen molar-refractivity contribution in [3.05, 3.63) is 59.2 Å². The van der Waals surface area contributed by atoms with Crippen LogP contribution in [0.4, 0.5) is 14.5 Å². The van der Waals surface area contributed by atoms with E-state index < -0.39 is 11.6 Å². The Bertz CT molecular complexity index is 529. The molecule has 0 amide bonds. The topological polar surface area (TPSA) is 35.2 Å². The van der Waals surface area contributed by atoms with Crippen LogP contribution in [0.15, 0.2) is 36.4 Å². The zero-order valence-electron chi connectivity index (χ0n) is 9.91. The van der Waals surface area contributed by atoms with Crippen molar-refractivity contribution in [2.45, 2.75) is 13.5 Å². The highest BCUT2D eigenvalue weighted by Crippen LogP contribution is 2.26. The van der Waals surface area contributed by atoms with Crippen molar-refractivity contribution in [1.82, 2.24) is 0 Å². The molecule has 0 aliphatic rings. The molecule has 0 radical (unpaired) electrons. The Kier molecular flexibility index (Phi) is 3.46. The second kappa shape index (κ2) is 5.04. The molecular formula is C14H13F2NO. The van der Waals surface area contributed by atoms with Gasteiger partial charge in [-0.15, -0.1) is 0 Å². The number of benzene rings is 2. The van der Waals surface area contributed by atoms with Crippen LogP contribution in [-0.2, 0) is 6.61 Å². The van der Waals surface area contributed by atoms with E-state index in [0.717, 1.165) is 11.6 Å². The first-order valence-electron chi connectivity index (χ1n) is 5.49. The maximum Gasteiger partial charge on any atom is 0.145 e. The summed E-state index contributed by atoms with van der Waals surface area (Å²) in [5.41, 5.74) is 7.59. The van der Waals surface area contributed by atoms with E-state index in [0.29, 0.717) is 17.0 Å². The summed E-state index contributed by atoms with van der Waals surface area (Å²) in [6.45, 7) is 1.93. The minimum Gasteiger partial charge on any atom is -0.486 e. The highest BCUT2D eigenvalue weighted by molar-refractivity contribution is 5.56. The van der Waals surface area contributed by atoms with Gasteiger partial charge in [0.25, 0.3) is 0 Å². The van der Waals surface area contributed by atoms with E-state index in [1.54, 1.807) is 6.07 Å². The summed E-state index contributed by atoms with van der Waals surface area (Å²) in [5.74, 6) is -0.695. The number of nitrogens with two attached hydrogens (primary N) is 1. The maximum absolute atomic E-state index is 13.0. The van der Waals surface area contributed by atoms with Gasteiger partial charge in [0, 0.05) is 6.07 Å². The van der Waals surface area contributed by atoms with Crippen LogP contribution >= 0.6 is 0 Å². The minimum absolute atomic E-state index is 0.0731. The van der Waals surface area contributed by atoms with Crippen molar-refractivity contribution in [3.63, 3.8) is 0 Å². The molecule has 2 rings (SSSR count). The number of rotatable bonds is 3. The summed E-state index contributed by atoms with van der Waals surface area (Å²) < 4.78 is 31.5. The SMILES string of the molecule is Cc1cccc(N)c1OCc1cc(F)cc(F)c1. The van der Waals surface area contributed by atoms with Crippen molar-refractivity contribution in [2.75, 3.05) is 5.73 Å². The van der Waals surface area contributed by atoms with Gasteiger partial charge in [-0.3, -0.25) is 0 Å². The largest absolute Gasteiger partial charge is 0.486 e. The van der Waals surface area contributed by atoms with E-state index in [-0.39, 0.29) is 6.61 Å². The molecule has 0 saturated heterocycles. The van der Waals surface area contributed by atoms with Gasteiger partial charge in [0.05, 0.1) is 5.69 Å². The predicted octanol–water partition coefficient (Wildman–Crippen LogP) is 3.43. The van der Waals surface area contributed by atoms with Crippen molar-refractivity contribution in [3.8, 4) is 5.75 Å². The highest BCUT2D eigenvalue weighted by atomic mass is 19.1. The third kappa shape index (κ3) is 2.77. The molecule has 2 aromatic carbocycles. The molecule has 94 valence electrons. The quantitative estimate of drug-likeness (QED) is 0.846. The second-order valence-corrected chi connectivity index (χ2v) is 4.06. The smallest absolute Gasteiger partial charge is 0.145 e. The van der Waals surface area contributed by atoms with Gasteiger partial charge < -0.3 is 10.5 Å². The van der Waals surface area contributed by atoms with Crippen LogP contribution in [0.1, 0.15) is 11.1 Å². The number of nitrogen functional groups attached to an aromatic ring is 1. The van der Waals surface area contributed by atoms with E-state index in [9.17, 15) is 8.78 Å². The lowest BCUT2D eigenvalue weighted by Gasteiger charge is -2.11. The lowest BCUT2D eigenvalue weighted by Crippen LogP contribution is -2.01. The maximum atomic E-state index is 13.0. The molecule has 2 N–H and O–H groups in total. The fourth-order valence-corrected chi connectivity index (χ4v) is 1.72. The summed E-state index contributed by atoms with van der Waals surface area (Å²) in [5, 5.41) is 0. The Morgan fingerprint density at radius 2 is 1.78 bits per heavy atom. The van der Waals surface area contributed by atoms with E-state index in [2.05, 4.69) is 0 Å². The van der Waals surface area contributed by atoms with E-state index in [1.165, 1.54) is 12.1 Å². The number of anilines is 1. The third-order valence-electron chi connectivity index (χ3n) is 2.55. The number of para-hydroxylation sites is 1. The number of halogens is 2. The fourth-order valence-electron chi connectivity index (χ4n) is 1.72. The lowest BCUT2D eigenvalue weighted by molar-refractivity contribution is 0.304. The lowest BCUT2D eigenvalue weighted by atomic mass is 10.2. The van der Waals surface area contributed by atoms with Crippen molar-refractivity contribution >= 4 is 5.69 Å². The van der Waals surface area contributed by atoms with Crippen molar-refractivity contribution in [1.29, 1.82) is 0 Å². The molecule has 0 fully saturated rings. The standard InChI is InChI=1S/C14H13F2NO/c1-9-3-2-4-13(17)14(9)18-8-10-5-11(15)7-12(16)6-10/h2-7H,8,17H2,1H3. The zero-order chi connectivity index (χ0) is 13.1. The van der Waals surface area contributed by atoms with E-state index in [4.69, 9.17) is 10.5 Å². The summed E-state index contributed by atoms with van der Waals surface area (Å²) >= 11 is 0. The van der Waals surface area contributed by atoms with Crippen LogP contribution in [0.3, 0.4) is 0 Å². The summed E-state index contributed by atoms with van der Waals surface area (Å²) in [4.78, 5) is 0. The summed E-state index contributed by atoms with van der Waals surface area (Å²) in [6, 6.07) is 8.69. The van der Waals surface area contributed by atoms with Gasteiger partial charge in [-0.1, -0.05) is 12.1 Å². The first-order chi connectivity index (χ1) is 8.56. The van der Waals surface area contributed by atoms with Gasteiger partial charge in [0.2, 0.25) is 0 Å². The molecule has 0 aromatic heterocycles. The molecule has 18 heavy (non-hydrogen) atoms. The first kappa shape index (κ1) is 12.4. The molecule has 4 heteroatoms. The predicted molar refractivity (Wildman–Crippen MR) is 66.3 cm³/mol. The zero-order valence-corrected chi connectivity index (χ0v) is 9.91. The second-order valence-electron chi connectivity index (χ2n) is 4.06. The molecule has 0 aliphatic heterocycles. The van der Waals surface area contributed by atoms with Crippen LogP contribution < -0.4 is 10.5 Å². The average Bonchev–Trinajstić information content (AvgIpc) is 2.27. The Balaban J connectivity index is 2.16. The first-order valence-corrected chi connectivity index (χ1v) is 5.49. The molecule has 0 atom stereocenters. The number of aryl methyl sites for hydroxylation is 1. The Morgan fingerprint density at radius 1 is 1.11 bits per heavy atom. The van der Waals surface area contributed by atoms with Gasteiger partial charge in [0.1, 0.15) is 24.0 Å². The van der Waals surface area contributed by atoms with Crippen LogP contribution in [0, 0.1) is 18.6 Å². The normalized spacial score (nSPS) is 10.4. The molecule has 0 unspecified atom stereocenters. The Labute approximate surface area is 104 Å². The molecule has 0 saturated carbocycles. The van der Waals surface area contributed by atoms with Crippen molar-refractivity contribution < 1.29 is 13.5 Å². The minimum atomic E-state index is -0.619. The van der Waals surface area contributed by atoms with E-state index in [1.807, 2.05) is 19.1 Å². The van der Waals surface area contributed by atoms with Gasteiger partial charge in [0.15, 0.2) is 0 Å². The molecule has 2 nitrogen and oxygen atoms in total. The van der Waals surface area contributed by atoms with Gasteiger partial charge >= 0.3 is 0 Å². The number of hydrogen-bond acceptors (Lipinski definition) is 2. The van der Waals surface area contributed by atoms with Crippen molar-refractivity contribution in [2.24, 2.45) is 0 Å². The van der Waals surface area contributed by atoms with Crippen LogP contribution in [0.2, 0.25) is 0 Å². The van der Waals surface area contributed by atoms with Crippen LogP contribution in [0.25, 0.3) is 0 Å². The summed E-state index contributed by atoms with van der Waals surface area (Å²) in [6.07, 6.45) is 0. The highest BCUT2D eigenvalue weighted by Gasteiger charge is 2.06. The van der Waals surface area contributed by atoms with Crippen LogP contribution in [0.5, 0.6) is 5.75 Å². The molecule has 2 aromatic rings.